The number of amides is 2. The van der Waals surface area contributed by atoms with Crippen LogP contribution in [0.2, 0.25) is 0 Å². The van der Waals surface area contributed by atoms with Crippen LogP contribution in [0.1, 0.15) is 12.0 Å². The number of halogens is 1. The molecule has 3 rings (SSSR count). The molecule has 1 heterocycles. The number of nitrogen functional groups attached to an aromatic ring is 1. The lowest BCUT2D eigenvalue weighted by atomic mass is 10.0. The standard InChI is InChI=1S/C21H24N4O5S.ClH/c1-30-19(26)9-10-24-11-12-25(21(24)27)17-8-7-16(13-18(17)31(2,28)29)14-3-5-15(6-4-14)20(22)23;/h3-8,13H,9-12H2,1-2H3,(H3,22,23);1H. The Bertz CT molecular complexity index is 1140. The molecule has 2 amide bonds. The summed E-state index contributed by atoms with van der Waals surface area (Å²) in [7, 11) is -2.35. The van der Waals surface area contributed by atoms with Gasteiger partial charge in [0.15, 0.2) is 9.84 Å². The van der Waals surface area contributed by atoms with Gasteiger partial charge in [-0.3, -0.25) is 15.1 Å². The number of methoxy groups -OCH3 is 1. The van der Waals surface area contributed by atoms with Crippen LogP contribution in [0.4, 0.5) is 10.5 Å². The fourth-order valence-electron chi connectivity index (χ4n) is 3.40. The molecule has 0 aromatic heterocycles. The summed E-state index contributed by atoms with van der Waals surface area (Å²) in [6.07, 6.45) is 1.17. The van der Waals surface area contributed by atoms with Crippen LogP contribution in [0.3, 0.4) is 0 Å². The van der Waals surface area contributed by atoms with Crippen molar-refractivity contribution in [1.82, 2.24) is 4.90 Å². The monoisotopic (exact) mass is 480 g/mol. The summed E-state index contributed by atoms with van der Waals surface area (Å²) in [5.41, 5.74) is 7.77. The highest BCUT2D eigenvalue weighted by molar-refractivity contribution is 7.90. The Morgan fingerprint density at radius 1 is 1.12 bits per heavy atom. The van der Waals surface area contributed by atoms with Crippen molar-refractivity contribution in [2.45, 2.75) is 11.3 Å². The summed E-state index contributed by atoms with van der Waals surface area (Å²) in [6, 6.07) is 11.4. The maximum Gasteiger partial charge on any atom is 0.324 e. The van der Waals surface area contributed by atoms with Crippen molar-refractivity contribution in [3.63, 3.8) is 0 Å². The van der Waals surface area contributed by atoms with Crippen molar-refractivity contribution in [3.05, 3.63) is 48.0 Å². The van der Waals surface area contributed by atoms with Crippen LogP contribution in [0, 0.1) is 5.41 Å². The number of nitrogens with two attached hydrogens (primary N) is 1. The molecule has 0 saturated carbocycles. The first-order valence-electron chi connectivity index (χ1n) is 9.54. The highest BCUT2D eigenvalue weighted by atomic mass is 35.5. The Kier molecular flexibility index (Phi) is 7.87. The average molecular weight is 481 g/mol. The van der Waals surface area contributed by atoms with Crippen molar-refractivity contribution < 1.29 is 22.7 Å². The molecule has 0 spiro atoms. The van der Waals surface area contributed by atoms with Gasteiger partial charge in [-0.25, -0.2) is 13.2 Å². The van der Waals surface area contributed by atoms with Gasteiger partial charge in [0.25, 0.3) is 0 Å². The van der Waals surface area contributed by atoms with E-state index < -0.39 is 15.8 Å². The largest absolute Gasteiger partial charge is 0.469 e. The van der Waals surface area contributed by atoms with Crippen LogP contribution in [-0.4, -0.2) is 64.2 Å². The Morgan fingerprint density at radius 2 is 1.75 bits per heavy atom. The van der Waals surface area contributed by atoms with Gasteiger partial charge in [0.2, 0.25) is 0 Å². The van der Waals surface area contributed by atoms with E-state index in [4.69, 9.17) is 11.1 Å². The fourth-order valence-corrected chi connectivity index (χ4v) is 4.30. The SMILES string of the molecule is COC(=O)CCN1CCN(c2ccc(-c3ccc(C(=N)N)cc3)cc2S(C)(=O)=O)C1=O.Cl. The zero-order valence-corrected chi connectivity index (χ0v) is 19.3. The molecule has 2 aromatic carbocycles. The molecule has 0 radical (unpaired) electrons. The molecule has 9 nitrogen and oxygen atoms in total. The number of nitrogens with one attached hydrogen (secondary N) is 1. The van der Waals surface area contributed by atoms with Crippen LogP contribution in [0.25, 0.3) is 11.1 Å². The number of carbonyl (C=O) groups is 2. The quantitative estimate of drug-likeness (QED) is 0.354. The van der Waals surface area contributed by atoms with Gasteiger partial charge in [-0.1, -0.05) is 30.3 Å². The molecule has 1 aliphatic rings. The first-order valence-corrected chi connectivity index (χ1v) is 11.4. The Morgan fingerprint density at radius 3 is 2.31 bits per heavy atom. The highest BCUT2D eigenvalue weighted by Gasteiger charge is 2.32. The molecular formula is C21H25ClN4O5S. The van der Waals surface area contributed by atoms with E-state index in [-0.39, 0.29) is 42.1 Å². The second-order valence-corrected chi connectivity index (χ2v) is 9.18. The summed E-state index contributed by atoms with van der Waals surface area (Å²) in [5.74, 6) is -0.466. The van der Waals surface area contributed by atoms with Crippen LogP contribution in [0.5, 0.6) is 0 Å². The first-order chi connectivity index (χ1) is 14.6. The number of ether oxygens (including phenoxy) is 1. The molecule has 0 aliphatic carbocycles. The van der Waals surface area contributed by atoms with Gasteiger partial charge in [0.1, 0.15) is 5.84 Å². The lowest BCUT2D eigenvalue weighted by Gasteiger charge is -2.21. The molecule has 32 heavy (non-hydrogen) atoms. The predicted molar refractivity (Wildman–Crippen MR) is 124 cm³/mol. The lowest BCUT2D eigenvalue weighted by molar-refractivity contribution is -0.140. The zero-order valence-electron chi connectivity index (χ0n) is 17.7. The summed E-state index contributed by atoms with van der Waals surface area (Å²) in [4.78, 5) is 27.1. The van der Waals surface area contributed by atoms with Gasteiger partial charge in [-0.2, -0.15) is 0 Å². The van der Waals surface area contributed by atoms with E-state index in [0.717, 1.165) is 11.8 Å². The average Bonchev–Trinajstić information content (AvgIpc) is 3.11. The van der Waals surface area contributed by atoms with Gasteiger partial charge in [-0.15, -0.1) is 12.4 Å². The van der Waals surface area contributed by atoms with E-state index in [0.29, 0.717) is 29.9 Å². The number of hydrogen-bond acceptors (Lipinski definition) is 6. The molecule has 0 unspecified atom stereocenters. The minimum Gasteiger partial charge on any atom is -0.469 e. The van der Waals surface area contributed by atoms with E-state index in [9.17, 15) is 18.0 Å². The van der Waals surface area contributed by atoms with Gasteiger partial charge >= 0.3 is 12.0 Å². The second kappa shape index (κ2) is 10.0. The predicted octanol–water partition coefficient (Wildman–Crippen LogP) is 2.27. The van der Waals surface area contributed by atoms with Gasteiger partial charge in [0.05, 0.1) is 24.1 Å². The number of rotatable bonds is 7. The molecule has 11 heteroatoms. The smallest absolute Gasteiger partial charge is 0.324 e. The van der Waals surface area contributed by atoms with Gasteiger partial charge in [-0.05, 0) is 23.3 Å². The van der Waals surface area contributed by atoms with E-state index in [1.165, 1.54) is 23.0 Å². The van der Waals surface area contributed by atoms with Crippen molar-refractivity contribution in [2.75, 3.05) is 37.9 Å². The molecule has 0 atom stereocenters. The summed E-state index contributed by atoms with van der Waals surface area (Å²) in [5, 5.41) is 7.48. The second-order valence-electron chi connectivity index (χ2n) is 7.19. The molecule has 172 valence electrons. The highest BCUT2D eigenvalue weighted by Crippen LogP contribution is 2.33. The topological polar surface area (TPSA) is 134 Å². The fraction of sp³-hybridized carbons (Fsp3) is 0.286. The molecule has 2 aromatic rings. The maximum atomic E-state index is 12.8. The number of nitrogens with zero attached hydrogens (tertiary/aromatic N) is 2. The van der Waals surface area contributed by atoms with Crippen molar-refractivity contribution in [3.8, 4) is 11.1 Å². The summed E-state index contributed by atoms with van der Waals surface area (Å²) < 4.78 is 29.7. The minimum atomic E-state index is -3.63. The van der Waals surface area contributed by atoms with Crippen molar-refractivity contribution in [2.24, 2.45) is 5.73 Å². The van der Waals surface area contributed by atoms with E-state index in [2.05, 4.69) is 4.74 Å². The summed E-state index contributed by atoms with van der Waals surface area (Å²) >= 11 is 0. The van der Waals surface area contributed by atoms with E-state index in [1.54, 1.807) is 36.4 Å². The Labute approximate surface area is 193 Å². The number of esters is 1. The number of urea groups is 1. The number of sulfone groups is 1. The number of anilines is 1. The third-order valence-electron chi connectivity index (χ3n) is 5.09. The number of hydrogen-bond donors (Lipinski definition) is 2. The van der Waals surface area contributed by atoms with Gasteiger partial charge in [0, 0.05) is 31.5 Å². The van der Waals surface area contributed by atoms with E-state index >= 15 is 0 Å². The third-order valence-corrected chi connectivity index (χ3v) is 6.21. The third kappa shape index (κ3) is 5.38. The first kappa shape index (κ1) is 25.2. The van der Waals surface area contributed by atoms with E-state index in [1.807, 2.05) is 0 Å². The Balaban J connectivity index is 0.00000363. The minimum absolute atomic E-state index is 0. The van der Waals surface area contributed by atoms with Crippen LogP contribution in [0.15, 0.2) is 47.4 Å². The number of benzene rings is 2. The Hall–Kier alpha value is -3.11. The molecule has 1 aliphatic heterocycles. The van der Waals surface area contributed by atoms with Crippen molar-refractivity contribution in [1.29, 1.82) is 5.41 Å². The van der Waals surface area contributed by atoms with Crippen LogP contribution in [-0.2, 0) is 19.4 Å². The molecular weight excluding hydrogens is 456 g/mol. The maximum absolute atomic E-state index is 12.8. The number of amidine groups is 1. The lowest BCUT2D eigenvalue weighted by Crippen LogP contribution is -2.34. The number of carbonyl (C=O) groups excluding carboxylic acids is 2. The van der Waals surface area contributed by atoms with Crippen molar-refractivity contribution >= 4 is 45.8 Å². The molecule has 1 saturated heterocycles. The van der Waals surface area contributed by atoms with Crippen LogP contribution >= 0.6 is 12.4 Å². The molecule has 1 fully saturated rings. The summed E-state index contributed by atoms with van der Waals surface area (Å²) in [6.45, 7) is 0.902. The van der Waals surface area contributed by atoms with Crippen LogP contribution < -0.4 is 10.6 Å². The molecule has 0 bridgehead atoms. The molecule has 3 N–H and O–H groups in total. The van der Waals surface area contributed by atoms with Gasteiger partial charge < -0.3 is 15.4 Å². The zero-order chi connectivity index (χ0) is 22.8. The normalized spacial score (nSPS) is 13.6.